The fraction of sp³-hybridized carbons (Fsp3) is 0.367. The van der Waals surface area contributed by atoms with E-state index in [1.165, 1.54) is 16.7 Å². The fourth-order valence-electron chi connectivity index (χ4n) is 3.88. The number of benzene rings is 3. The third kappa shape index (κ3) is 5.35. The molecule has 33 heavy (non-hydrogen) atoms. The zero-order chi connectivity index (χ0) is 24.2. The summed E-state index contributed by atoms with van der Waals surface area (Å²) in [7, 11) is -2.22. The summed E-state index contributed by atoms with van der Waals surface area (Å²) in [5.41, 5.74) is 3.83. The van der Waals surface area contributed by atoms with Gasteiger partial charge in [0.1, 0.15) is 0 Å². The van der Waals surface area contributed by atoms with E-state index in [0.717, 1.165) is 14.7 Å². The molecule has 0 aliphatic rings. The van der Waals surface area contributed by atoms with E-state index in [-0.39, 0.29) is 5.97 Å². The van der Waals surface area contributed by atoms with Gasteiger partial charge in [0.15, 0.2) is 0 Å². The monoisotopic (exact) mass is 462 g/mol. The van der Waals surface area contributed by atoms with Crippen LogP contribution in [0.25, 0.3) is 0 Å². The molecular weight excluding hydrogens is 424 g/mol. The summed E-state index contributed by atoms with van der Waals surface area (Å²) in [5, 5.41) is 0. The lowest BCUT2D eigenvalue weighted by Crippen LogP contribution is -2.13. The maximum Gasteiger partial charge on any atom is 0.316 e. The molecule has 0 aliphatic carbocycles. The summed E-state index contributed by atoms with van der Waals surface area (Å²) in [6.07, 6.45) is 0.340. The Morgan fingerprint density at radius 1 is 0.606 bits per heavy atom. The van der Waals surface area contributed by atoms with Gasteiger partial charge in [0.2, 0.25) is 0 Å². The smallest absolute Gasteiger partial charge is 0.316 e. The summed E-state index contributed by atoms with van der Waals surface area (Å²) in [4.78, 5) is 16.0. The van der Waals surface area contributed by atoms with Crippen LogP contribution >= 0.6 is 10.3 Å². The first kappa shape index (κ1) is 25.1. The van der Waals surface area contributed by atoms with Crippen molar-refractivity contribution in [2.24, 2.45) is 0 Å². The van der Waals surface area contributed by atoms with E-state index in [2.05, 4.69) is 114 Å². The minimum atomic E-state index is -2.22. The normalized spacial score (nSPS) is 12.4. The average molecular weight is 463 g/mol. The van der Waals surface area contributed by atoms with E-state index in [0.29, 0.717) is 24.2 Å². The Balaban J connectivity index is 2.29. The summed E-state index contributed by atoms with van der Waals surface area (Å²) in [6, 6.07) is 26.0. The molecule has 0 aromatic heterocycles. The Kier molecular flexibility index (Phi) is 8.07. The molecule has 0 atom stereocenters. The molecule has 3 aromatic rings. The van der Waals surface area contributed by atoms with Crippen molar-refractivity contribution in [2.45, 2.75) is 87.3 Å². The largest absolute Gasteiger partial charge is 0.402 e. The van der Waals surface area contributed by atoms with E-state index in [4.69, 9.17) is 4.18 Å². The molecule has 0 saturated heterocycles. The van der Waals surface area contributed by atoms with Crippen LogP contribution in [0.5, 0.6) is 0 Å². The van der Waals surface area contributed by atoms with E-state index >= 15 is 0 Å². The van der Waals surface area contributed by atoms with Crippen LogP contribution < -0.4 is 0 Å². The highest BCUT2D eigenvalue weighted by atomic mass is 32.3. The zero-order valence-electron chi connectivity index (χ0n) is 21.1. The lowest BCUT2D eigenvalue weighted by atomic mass is 10.0. The number of hydrogen-bond acceptors (Lipinski definition) is 2. The SMILES string of the molecule is CCC(=O)OS(c1ccc(C(C)C)cc1)(c1ccc(C(C)C)cc1)c1ccc(C(C)C)cc1. The van der Waals surface area contributed by atoms with Crippen molar-refractivity contribution in [2.75, 3.05) is 0 Å². The molecule has 0 aliphatic heterocycles. The second-order valence-corrected chi connectivity index (χ2v) is 12.2. The Hall–Kier alpha value is -2.52. The molecule has 176 valence electrons. The summed E-state index contributed by atoms with van der Waals surface area (Å²) < 4.78 is 6.49. The van der Waals surface area contributed by atoms with Gasteiger partial charge < -0.3 is 4.18 Å². The maximum atomic E-state index is 12.9. The first-order valence-electron chi connectivity index (χ1n) is 12.0. The lowest BCUT2D eigenvalue weighted by Gasteiger charge is -2.40. The van der Waals surface area contributed by atoms with Gasteiger partial charge in [-0.1, -0.05) is 84.9 Å². The maximum absolute atomic E-state index is 12.9. The van der Waals surface area contributed by atoms with E-state index in [9.17, 15) is 4.79 Å². The molecule has 0 bridgehead atoms. The molecule has 3 rings (SSSR count). The van der Waals surface area contributed by atoms with Crippen molar-refractivity contribution in [1.29, 1.82) is 0 Å². The Morgan fingerprint density at radius 2 is 0.879 bits per heavy atom. The quantitative estimate of drug-likeness (QED) is 0.333. The van der Waals surface area contributed by atoms with Gasteiger partial charge in [-0.2, -0.15) is 0 Å². The molecule has 0 spiro atoms. The molecule has 0 unspecified atom stereocenters. The van der Waals surface area contributed by atoms with Crippen molar-refractivity contribution >= 4 is 16.3 Å². The van der Waals surface area contributed by atoms with Crippen LogP contribution in [-0.2, 0) is 8.98 Å². The second-order valence-electron chi connectivity index (χ2n) is 9.54. The Bertz CT molecular complexity index is 921. The third-order valence-electron chi connectivity index (χ3n) is 6.14. The van der Waals surface area contributed by atoms with E-state index < -0.39 is 10.3 Å². The van der Waals surface area contributed by atoms with E-state index in [1.54, 1.807) is 0 Å². The molecular formula is C30H38O2S. The molecule has 0 N–H and O–H groups in total. The highest BCUT2D eigenvalue weighted by molar-refractivity contribution is 8.30. The number of rotatable bonds is 8. The topological polar surface area (TPSA) is 26.3 Å². The number of carbonyl (C=O) groups is 1. The first-order valence-corrected chi connectivity index (χ1v) is 13.6. The van der Waals surface area contributed by atoms with Crippen molar-refractivity contribution in [3.8, 4) is 0 Å². The van der Waals surface area contributed by atoms with Crippen LogP contribution in [0, 0.1) is 0 Å². The number of hydrogen-bond donors (Lipinski definition) is 0. The van der Waals surface area contributed by atoms with Crippen LogP contribution in [0.3, 0.4) is 0 Å². The minimum absolute atomic E-state index is 0.182. The number of carbonyl (C=O) groups excluding carboxylic acids is 1. The van der Waals surface area contributed by atoms with Crippen LogP contribution in [0.1, 0.15) is 89.3 Å². The van der Waals surface area contributed by atoms with Crippen LogP contribution in [0.4, 0.5) is 0 Å². The summed E-state index contributed by atoms with van der Waals surface area (Å²) in [5.74, 6) is 1.14. The molecule has 3 aromatic carbocycles. The van der Waals surface area contributed by atoms with Crippen LogP contribution in [0.2, 0.25) is 0 Å². The molecule has 0 amide bonds. The van der Waals surface area contributed by atoms with Gasteiger partial charge in [-0.3, -0.25) is 4.79 Å². The molecule has 3 heteroatoms. The first-order chi connectivity index (χ1) is 15.7. The second kappa shape index (κ2) is 10.6. The predicted octanol–water partition coefficient (Wildman–Crippen LogP) is 9.21. The third-order valence-corrected chi connectivity index (χ3v) is 9.39. The molecule has 0 fully saturated rings. The highest BCUT2D eigenvalue weighted by Gasteiger charge is 2.35. The van der Waals surface area contributed by atoms with Crippen molar-refractivity contribution < 1.29 is 8.98 Å². The predicted molar refractivity (Wildman–Crippen MR) is 140 cm³/mol. The Labute approximate surface area is 201 Å². The van der Waals surface area contributed by atoms with Crippen LogP contribution in [-0.4, -0.2) is 5.97 Å². The van der Waals surface area contributed by atoms with Crippen molar-refractivity contribution in [3.05, 3.63) is 89.5 Å². The average Bonchev–Trinajstić information content (AvgIpc) is 2.82. The van der Waals surface area contributed by atoms with Crippen molar-refractivity contribution in [3.63, 3.8) is 0 Å². The van der Waals surface area contributed by atoms with Gasteiger partial charge in [0.05, 0.1) is 0 Å². The summed E-state index contributed by atoms with van der Waals surface area (Å²) in [6.45, 7) is 15.0. The van der Waals surface area contributed by atoms with Crippen LogP contribution in [0.15, 0.2) is 87.5 Å². The van der Waals surface area contributed by atoms with Crippen molar-refractivity contribution in [1.82, 2.24) is 0 Å². The highest BCUT2D eigenvalue weighted by Crippen LogP contribution is 2.69. The molecule has 0 saturated carbocycles. The standard InChI is InChI=1S/C30H38O2S/c1-8-30(31)32-33(27-15-9-24(10-16-27)21(2)3,28-17-11-25(12-18-28)22(4)5)29-19-13-26(14-20-29)23(6)7/h9-23H,8H2,1-7H3. The molecule has 0 radical (unpaired) electrons. The van der Waals surface area contributed by atoms with Gasteiger partial charge in [0.25, 0.3) is 0 Å². The molecule has 0 heterocycles. The van der Waals surface area contributed by atoms with Gasteiger partial charge >= 0.3 is 5.97 Å². The van der Waals surface area contributed by atoms with E-state index in [1.807, 2.05) is 6.92 Å². The Morgan fingerprint density at radius 3 is 1.09 bits per heavy atom. The van der Waals surface area contributed by atoms with Gasteiger partial charge in [-0.05, 0) is 81.2 Å². The van der Waals surface area contributed by atoms with Gasteiger partial charge in [-0.25, -0.2) is 0 Å². The van der Waals surface area contributed by atoms with Gasteiger partial charge in [0, 0.05) is 21.1 Å². The minimum Gasteiger partial charge on any atom is -0.402 e. The van der Waals surface area contributed by atoms with Gasteiger partial charge in [-0.15, -0.1) is 0 Å². The fourth-order valence-corrected chi connectivity index (χ4v) is 6.94. The zero-order valence-corrected chi connectivity index (χ0v) is 21.9. The molecule has 2 nitrogen and oxygen atoms in total. The summed E-state index contributed by atoms with van der Waals surface area (Å²) >= 11 is 0. The lowest BCUT2D eigenvalue weighted by molar-refractivity contribution is -0.133.